The molecule has 18 heavy (non-hydrogen) atoms. The molecule has 0 unspecified atom stereocenters. The second-order valence-electron chi connectivity index (χ2n) is 4.17. The Morgan fingerprint density at radius 1 is 1.33 bits per heavy atom. The molecule has 2 heterocycles. The van der Waals surface area contributed by atoms with E-state index in [1.54, 1.807) is 17.0 Å². The van der Waals surface area contributed by atoms with Gasteiger partial charge in [0.2, 0.25) is 0 Å². The third-order valence-corrected chi connectivity index (χ3v) is 2.79. The Bertz CT molecular complexity index is 590. The number of aromatic nitrogens is 2. The van der Waals surface area contributed by atoms with Crippen molar-refractivity contribution in [2.24, 2.45) is 0 Å². The molecule has 1 N–H and O–H groups in total. The van der Waals surface area contributed by atoms with Crippen molar-refractivity contribution >= 4 is 5.82 Å². The van der Waals surface area contributed by atoms with E-state index in [9.17, 15) is 4.79 Å². The number of nitrogens with zero attached hydrogens (tertiary/aromatic N) is 2. The van der Waals surface area contributed by atoms with Crippen molar-refractivity contribution in [2.45, 2.75) is 20.4 Å². The quantitative estimate of drug-likeness (QED) is 0.893. The molecule has 0 saturated carbocycles. The van der Waals surface area contributed by atoms with Gasteiger partial charge in [0.15, 0.2) is 0 Å². The minimum absolute atomic E-state index is 0.0452. The summed E-state index contributed by atoms with van der Waals surface area (Å²) < 4.78 is 1.70. The highest BCUT2D eigenvalue weighted by Gasteiger charge is 2.05. The van der Waals surface area contributed by atoms with Crippen LogP contribution in [-0.4, -0.2) is 16.1 Å². The standard InChI is InChI=1S/C14H17N3O/c1-3-15-13-12(7-4-8-16-13)10-17-9-5-6-11(2)14(17)18/h4-9H,3,10H2,1-2H3,(H,15,16). The van der Waals surface area contributed by atoms with Crippen molar-refractivity contribution in [2.75, 3.05) is 11.9 Å². The van der Waals surface area contributed by atoms with E-state index in [-0.39, 0.29) is 5.56 Å². The number of anilines is 1. The lowest BCUT2D eigenvalue weighted by Crippen LogP contribution is -2.22. The van der Waals surface area contributed by atoms with Crippen LogP contribution in [0.4, 0.5) is 5.82 Å². The van der Waals surface area contributed by atoms with Crippen molar-refractivity contribution < 1.29 is 0 Å². The van der Waals surface area contributed by atoms with E-state index in [1.807, 2.05) is 38.1 Å². The van der Waals surface area contributed by atoms with Crippen LogP contribution < -0.4 is 10.9 Å². The van der Waals surface area contributed by atoms with E-state index in [1.165, 1.54) is 0 Å². The first kappa shape index (κ1) is 12.4. The molecule has 4 nitrogen and oxygen atoms in total. The average molecular weight is 243 g/mol. The van der Waals surface area contributed by atoms with Gasteiger partial charge in [-0.2, -0.15) is 0 Å². The lowest BCUT2D eigenvalue weighted by Gasteiger charge is -2.11. The van der Waals surface area contributed by atoms with Gasteiger partial charge in [-0.3, -0.25) is 4.79 Å². The maximum absolute atomic E-state index is 12.0. The van der Waals surface area contributed by atoms with Crippen LogP contribution in [0, 0.1) is 6.92 Å². The van der Waals surface area contributed by atoms with Gasteiger partial charge in [-0.15, -0.1) is 0 Å². The number of aryl methyl sites for hydroxylation is 1. The molecule has 94 valence electrons. The first-order valence-electron chi connectivity index (χ1n) is 6.06. The molecule has 2 rings (SSSR count). The molecule has 0 fully saturated rings. The van der Waals surface area contributed by atoms with Crippen LogP contribution >= 0.6 is 0 Å². The van der Waals surface area contributed by atoms with E-state index < -0.39 is 0 Å². The first-order valence-corrected chi connectivity index (χ1v) is 6.06. The second-order valence-corrected chi connectivity index (χ2v) is 4.17. The zero-order valence-electron chi connectivity index (χ0n) is 10.7. The number of pyridine rings is 2. The Morgan fingerprint density at radius 3 is 2.94 bits per heavy atom. The van der Waals surface area contributed by atoms with Crippen LogP contribution in [0.3, 0.4) is 0 Å². The molecule has 0 spiro atoms. The topological polar surface area (TPSA) is 46.9 Å². The van der Waals surface area contributed by atoms with Gasteiger partial charge in [0.05, 0.1) is 6.54 Å². The van der Waals surface area contributed by atoms with Crippen molar-refractivity contribution in [1.29, 1.82) is 0 Å². The summed E-state index contributed by atoms with van der Waals surface area (Å²) in [5.74, 6) is 0.841. The maximum atomic E-state index is 12.0. The predicted octanol–water partition coefficient (Wildman–Crippen LogP) is 2.03. The van der Waals surface area contributed by atoms with Gasteiger partial charge in [0.1, 0.15) is 5.82 Å². The fraction of sp³-hybridized carbons (Fsp3) is 0.286. The van der Waals surface area contributed by atoms with Crippen molar-refractivity contribution in [3.8, 4) is 0 Å². The number of hydrogen-bond acceptors (Lipinski definition) is 3. The van der Waals surface area contributed by atoms with Crippen LogP contribution in [0.15, 0.2) is 41.5 Å². The molecular formula is C14H17N3O. The molecule has 0 aliphatic rings. The van der Waals surface area contributed by atoms with Crippen molar-refractivity contribution in [3.63, 3.8) is 0 Å². The van der Waals surface area contributed by atoms with Crippen LogP contribution in [0.25, 0.3) is 0 Å². The minimum Gasteiger partial charge on any atom is -0.370 e. The summed E-state index contributed by atoms with van der Waals surface area (Å²) in [6.07, 6.45) is 3.55. The van der Waals surface area contributed by atoms with Gasteiger partial charge < -0.3 is 9.88 Å². The lowest BCUT2D eigenvalue weighted by molar-refractivity contribution is 0.750. The van der Waals surface area contributed by atoms with Gasteiger partial charge in [-0.1, -0.05) is 12.1 Å². The van der Waals surface area contributed by atoms with Crippen molar-refractivity contribution in [3.05, 3.63) is 58.1 Å². The molecule has 0 bridgehead atoms. The van der Waals surface area contributed by atoms with E-state index in [2.05, 4.69) is 10.3 Å². The number of rotatable bonds is 4. The monoisotopic (exact) mass is 243 g/mol. The molecule has 0 amide bonds. The van der Waals surface area contributed by atoms with E-state index in [0.717, 1.165) is 23.5 Å². The molecule has 0 radical (unpaired) electrons. The summed E-state index contributed by atoms with van der Waals surface area (Å²) in [7, 11) is 0. The summed E-state index contributed by atoms with van der Waals surface area (Å²) >= 11 is 0. The fourth-order valence-electron chi connectivity index (χ4n) is 1.86. The van der Waals surface area contributed by atoms with Crippen molar-refractivity contribution in [1.82, 2.24) is 9.55 Å². The highest BCUT2D eigenvalue weighted by molar-refractivity contribution is 5.43. The zero-order chi connectivity index (χ0) is 13.0. The summed E-state index contributed by atoms with van der Waals surface area (Å²) in [5.41, 5.74) is 1.82. The predicted molar refractivity (Wildman–Crippen MR) is 72.9 cm³/mol. The normalized spacial score (nSPS) is 10.3. The largest absolute Gasteiger partial charge is 0.370 e. The molecule has 2 aromatic heterocycles. The summed E-state index contributed by atoms with van der Waals surface area (Å²) in [4.78, 5) is 16.3. The van der Waals surface area contributed by atoms with Gasteiger partial charge in [0.25, 0.3) is 5.56 Å². The number of nitrogens with one attached hydrogen (secondary N) is 1. The first-order chi connectivity index (χ1) is 8.72. The van der Waals surface area contributed by atoms with Gasteiger partial charge >= 0.3 is 0 Å². The van der Waals surface area contributed by atoms with Crippen LogP contribution in [0.1, 0.15) is 18.1 Å². The summed E-state index contributed by atoms with van der Waals surface area (Å²) in [6, 6.07) is 7.59. The molecule has 0 atom stereocenters. The van der Waals surface area contributed by atoms with Gasteiger partial charge in [0, 0.05) is 30.1 Å². The number of hydrogen-bond donors (Lipinski definition) is 1. The van der Waals surface area contributed by atoms with E-state index in [0.29, 0.717) is 6.54 Å². The third-order valence-electron chi connectivity index (χ3n) is 2.79. The Labute approximate surface area is 106 Å². The SMILES string of the molecule is CCNc1ncccc1Cn1cccc(C)c1=O. The van der Waals surface area contributed by atoms with Crippen LogP contribution in [-0.2, 0) is 6.54 Å². The molecule has 4 heteroatoms. The molecule has 0 aliphatic heterocycles. The fourth-order valence-corrected chi connectivity index (χ4v) is 1.86. The summed E-state index contributed by atoms with van der Waals surface area (Å²) in [5, 5.41) is 3.20. The average Bonchev–Trinajstić information content (AvgIpc) is 2.37. The minimum atomic E-state index is 0.0452. The molecule has 0 aromatic carbocycles. The Balaban J connectivity index is 2.34. The Kier molecular flexibility index (Phi) is 3.77. The Morgan fingerprint density at radius 2 is 2.17 bits per heavy atom. The third kappa shape index (κ3) is 2.59. The van der Waals surface area contributed by atoms with Gasteiger partial charge in [-0.25, -0.2) is 4.98 Å². The Hall–Kier alpha value is -2.10. The van der Waals surface area contributed by atoms with Crippen LogP contribution in [0.2, 0.25) is 0 Å². The summed E-state index contributed by atoms with van der Waals surface area (Å²) in [6.45, 7) is 5.20. The highest BCUT2D eigenvalue weighted by Crippen LogP contribution is 2.12. The smallest absolute Gasteiger partial charge is 0.253 e. The van der Waals surface area contributed by atoms with Gasteiger partial charge in [-0.05, 0) is 26.0 Å². The highest BCUT2D eigenvalue weighted by atomic mass is 16.1. The second kappa shape index (κ2) is 5.49. The van der Waals surface area contributed by atoms with E-state index in [4.69, 9.17) is 0 Å². The van der Waals surface area contributed by atoms with E-state index >= 15 is 0 Å². The molecular weight excluding hydrogens is 226 g/mol. The zero-order valence-corrected chi connectivity index (χ0v) is 10.7. The molecule has 2 aromatic rings. The maximum Gasteiger partial charge on any atom is 0.253 e. The molecule has 0 aliphatic carbocycles. The van der Waals surface area contributed by atoms with Crippen LogP contribution in [0.5, 0.6) is 0 Å². The lowest BCUT2D eigenvalue weighted by atomic mass is 10.2. The molecule has 0 saturated heterocycles.